The van der Waals surface area contributed by atoms with Gasteiger partial charge < -0.3 is 9.84 Å². The monoisotopic (exact) mass is 236 g/mol. The average molecular weight is 236 g/mol. The highest BCUT2D eigenvalue weighted by molar-refractivity contribution is 5.17. The van der Waals surface area contributed by atoms with Crippen LogP contribution in [0.5, 0.6) is 0 Å². The van der Waals surface area contributed by atoms with Crippen molar-refractivity contribution >= 4 is 0 Å². The predicted molar refractivity (Wildman–Crippen MR) is 69.8 cm³/mol. The van der Waals surface area contributed by atoms with E-state index in [0.717, 1.165) is 24.8 Å². The van der Waals surface area contributed by atoms with Gasteiger partial charge in [0, 0.05) is 0 Å². The van der Waals surface area contributed by atoms with E-state index in [1.807, 2.05) is 13.0 Å². The lowest BCUT2D eigenvalue weighted by molar-refractivity contribution is 0.252. The van der Waals surface area contributed by atoms with Gasteiger partial charge in [0.15, 0.2) is 0 Å². The van der Waals surface area contributed by atoms with E-state index in [4.69, 9.17) is 4.74 Å². The first-order chi connectivity index (χ1) is 7.82. The van der Waals surface area contributed by atoms with Crippen molar-refractivity contribution in [3.05, 3.63) is 23.8 Å². The zero-order valence-corrected chi connectivity index (χ0v) is 11.4. The summed E-state index contributed by atoms with van der Waals surface area (Å²) < 4.78 is 5.85. The molecule has 0 amide bonds. The Bertz CT molecular complexity index is 354. The third-order valence-electron chi connectivity index (χ3n) is 4.05. The lowest BCUT2D eigenvalue weighted by atomic mass is 9.84. The standard InChI is InChI=1S/C15H24O2/c1-11-6-5-8-15(4)13(17-15)10-14(2,3)9-7-12(11)16/h6-7,9,12-13,16H,5,8,10H2,1-4H3/t12-,13-,15-/m1/s1. The molecule has 0 aromatic carbocycles. The fourth-order valence-corrected chi connectivity index (χ4v) is 2.52. The van der Waals surface area contributed by atoms with Gasteiger partial charge in [0.2, 0.25) is 0 Å². The van der Waals surface area contributed by atoms with E-state index in [2.05, 4.69) is 32.9 Å². The predicted octanol–water partition coefficient (Wildman–Crippen LogP) is 3.22. The second kappa shape index (κ2) is 4.25. The van der Waals surface area contributed by atoms with Crippen LogP contribution < -0.4 is 0 Å². The van der Waals surface area contributed by atoms with E-state index in [-0.39, 0.29) is 11.0 Å². The molecule has 2 rings (SSSR count). The molecule has 0 saturated carbocycles. The molecule has 96 valence electrons. The van der Waals surface area contributed by atoms with E-state index >= 15 is 0 Å². The zero-order valence-electron chi connectivity index (χ0n) is 11.4. The van der Waals surface area contributed by atoms with Crippen molar-refractivity contribution in [2.75, 3.05) is 0 Å². The number of epoxide rings is 1. The molecule has 1 N–H and O–H groups in total. The van der Waals surface area contributed by atoms with Gasteiger partial charge in [-0.1, -0.05) is 32.1 Å². The molecular weight excluding hydrogens is 212 g/mol. The van der Waals surface area contributed by atoms with Crippen molar-refractivity contribution in [2.45, 2.75) is 64.8 Å². The minimum Gasteiger partial charge on any atom is -0.385 e. The van der Waals surface area contributed by atoms with Gasteiger partial charge in [0.05, 0.1) is 17.8 Å². The highest BCUT2D eigenvalue weighted by Gasteiger charge is 2.52. The van der Waals surface area contributed by atoms with Gasteiger partial charge in [0.25, 0.3) is 0 Å². The number of ether oxygens (including phenoxy) is 1. The number of fused-ring (bicyclic) bond motifs is 1. The summed E-state index contributed by atoms with van der Waals surface area (Å²) in [6.45, 7) is 8.60. The normalized spacial score (nSPS) is 41.1. The lowest BCUT2D eigenvalue weighted by Crippen LogP contribution is -2.17. The summed E-state index contributed by atoms with van der Waals surface area (Å²) in [5, 5.41) is 9.98. The first-order valence-electron chi connectivity index (χ1n) is 6.54. The summed E-state index contributed by atoms with van der Waals surface area (Å²) >= 11 is 0. The Kier molecular flexibility index (Phi) is 3.21. The van der Waals surface area contributed by atoms with Crippen LogP contribution in [0.25, 0.3) is 0 Å². The highest BCUT2D eigenvalue weighted by Crippen LogP contribution is 2.46. The maximum atomic E-state index is 9.98. The van der Waals surface area contributed by atoms with Crippen molar-refractivity contribution in [1.82, 2.24) is 0 Å². The van der Waals surface area contributed by atoms with Crippen LogP contribution in [0.2, 0.25) is 0 Å². The van der Waals surface area contributed by atoms with Gasteiger partial charge >= 0.3 is 0 Å². The fourth-order valence-electron chi connectivity index (χ4n) is 2.52. The van der Waals surface area contributed by atoms with Crippen molar-refractivity contribution in [1.29, 1.82) is 0 Å². The Morgan fingerprint density at radius 1 is 1.35 bits per heavy atom. The summed E-state index contributed by atoms with van der Waals surface area (Å²) in [5.74, 6) is 0. The molecule has 0 radical (unpaired) electrons. The Hall–Kier alpha value is -0.600. The Labute approximate surface area is 104 Å². The molecule has 1 aliphatic carbocycles. The van der Waals surface area contributed by atoms with Gasteiger partial charge in [-0.2, -0.15) is 0 Å². The SMILES string of the molecule is CC1=CCC[C@@]2(C)O[C@@H]2CC(C)(C)C=C[C@H]1O. The Balaban J connectivity index is 2.18. The largest absolute Gasteiger partial charge is 0.385 e. The third kappa shape index (κ3) is 2.99. The van der Waals surface area contributed by atoms with Crippen LogP contribution >= 0.6 is 0 Å². The molecule has 0 unspecified atom stereocenters. The molecular formula is C15H24O2. The van der Waals surface area contributed by atoms with Crippen molar-refractivity contribution in [3.63, 3.8) is 0 Å². The number of hydrogen-bond acceptors (Lipinski definition) is 2. The topological polar surface area (TPSA) is 32.8 Å². The van der Waals surface area contributed by atoms with Gasteiger partial charge in [-0.3, -0.25) is 0 Å². The molecule has 17 heavy (non-hydrogen) atoms. The van der Waals surface area contributed by atoms with Crippen molar-refractivity contribution in [2.24, 2.45) is 5.41 Å². The summed E-state index contributed by atoms with van der Waals surface area (Å²) in [5.41, 5.74) is 1.20. The summed E-state index contributed by atoms with van der Waals surface area (Å²) in [6.07, 6.45) is 9.20. The van der Waals surface area contributed by atoms with Gasteiger partial charge in [0.1, 0.15) is 0 Å². The van der Waals surface area contributed by atoms with E-state index < -0.39 is 6.10 Å². The molecule has 0 spiro atoms. The van der Waals surface area contributed by atoms with Crippen molar-refractivity contribution in [3.8, 4) is 0 Å². The maximum absolute atomic E-state index is 9.98. The molecule has 2 nitrogen and oxygen atoms in total. The lowest BCUT2D eigenvalue weighted by Gasteiger charge is -2.20. The summed E-state index contributed by atoms with van der Waals surface area (Å²) in [4.78, 5) is 0. The minimum atomic E-state index is -0.433. The quantitative estimate of drug-likeness (QED) is 0.517. The number of allylic oxidation sites excluding steroid dienone is 2. The average Bonchev–Trinajstić information content (AvgIpc) is 2.83. The van der Waals surface area contributed by atoms with Crippen LogP contribution in [-0.4, -0.2) is 22.9 Å². The van der Waals surface area contributed by atoms with Crippen LogP contribution in [0.3, 0.4) is 0 Å². The van der Waals surface area contributed by atoms with Crippen LogP contribution in [0.4, 0.5) is 0 Å². The molecule has 1 saturated heterocycles. The molecule has 1 fully saturated rings. The van der Waals surface area contributed by atoms with Gasteiger partial charge in [-0.25, -0.2) is 0 Å². The first kappa shape index (κ1) is 12.8. The zero-order chi connectivity index (χ0) is 12.7. The molecule has 2 aliphatic rings. The van der Waals surface area contributed by atoms with Gasteiger partial charge in [-0.05, 0) is 44.1 Å². The van der Waals surface area contributed by atoms with E-state index in [0.29, 0.717) is 6.10 Å². The number of aliphatic hydroxyl groups is 1. The Morgan fingerprint density at radius 2 is 2.06 bits per heavy atom. The molecule has 0 aromatic rings. The number of rotatable bonds is 0. The maximum Gasteiger partial charge on any atom is 0.0929 e. The van der Waals surface area contributed by atoms with Gasteiger partial charge in [-0.15, -0.1) is 0 Å². The highest BCUT2D eigenvalue weighted by atomic mass is 16.6. The molecule has 1 aliphatic heterocycles. The molecule has 2 heteroatoms. The Morgan fingerprint density at radius 3 is 2.76 bits per heavy atom. The summed E-state index contributed by atoms with van der Waals surface area (Å²) in [7, 11) is 0. The summed E-state index contributed by atoms with van der Waals surface area (Å²) in [6, 6.07) is 0. The van der Waals surface area contributed by atoms with E-state index in [1.165, 1.54) is 0 Å². The number of hydrogen-bond donors (Lipinski definition) is 1. The smallest absolute Gasteiger partial charge is 0.0929 e. The van der Waals surface area contributed by atoms with Crippen LogP contribution in [0.1, 0.15) is 47.0 Å². The molecule has 0 bridgehead atoms. The molecule has 1 heterocycles. The van der Waals surface area contributed by atoms with Crippen LogP contribution in [0.15, 0.2) is 23.8 Å². The van der Waals surface area contributed by atoms with Crippen molar-refractivity contribution < 1.29 is 9.84 Å². The van der Waals surface area contributed by atoms with Crippen LogP contribution in [0, 0.1) is 5.41 Å². The fraction of sp³-hybridized carbons (Fsp3) is 0.733. The minimum absolute atomic E-state index is 0.0666. The third-order valence-corrected chi connectivity index (χ3v) is 4.05. The number of aliphatic hydroxyl groups excluding tert-OH is 1. The second-order valence-electron chi connectivity index (χ2n) is 6.40. The van der Waals surface area contributed by atoms with E-state index in [1.54, 1.807) is 0 Å². The first-order valence-corrected chi connectivity index (χ1v) is 6.54. The molecule has 0 aromatic heterocycles. The van der Waals surface area contributed by atoms with E-state index in [9.17, 15) is 5.11 Å². The van der Waals surface area contributed by atoms with Crippen LogP contribution in [-0.2, 0) is 4.74 Å². The molecule has 3 atom stereocenters. The second-order valence-corrected chi connectivity index (χ2v) is 6.40.